The van der Waals surface area contributed by atoms with E-state index in [-0.39, 0.29) is 0 Å². The Balaban J connectivity index is 3.07. The molecule has 4 nitrogen and oxygen atoms in total. The van der Waals surface area contributed by atoms with E-state index >= 15 is 0 Å². The highest BCUT2D eigenvalue weighted by Crippen LogP contribution is 2.15. The highest BCUT2D eigenvalue weighted by Gasteiger charge is 2.14. The van der Waals surface area contributed by atoms with Gasteiger partial charge >= 0.3 is 5.97 Å². The molecule has 0 spiro atoms. The lowest BCUT2D eigenvalue weighted by Crippen LogP contribution is -2.07. The van der Waals surface area contributed by atoms with Gasteiger partial charge in [-0.1, -0.05) is 0 Å². The van der Waals surface area contributed by atoms with Crippen LogP contribution in [-0.2, 0) is 21.3 Å². The summed E-state index contributed by atoms with van der Waals surface area (Å²) in [6.45, 7) is 0. The standard InChI is InChI=1S/C10H13NO3/c1-11-6-4-5-9(11)8(7-13-2)10(12)14-3/h4-7H,1-3H3/b8-7+. The fourth-order valence-corrected chi connectivity index (χ4v) is 1.18. The molecule has 0 aliphatic rings. The quantitative estimate of drug-likeness (QED) is 0.413. The van der Waals surface area contributed by atoms with Gasteiger partial charge in [0.2, 0.25) is 0 Å². The molecule has 0 saturated carbocycles. The topological polar surface area (TPSA) is 40.5 Å². The number of ether oxygens (including phenoxy) is 2. The van der Waals surface area contributed by atoms with Crippen LogP contribution in [0, 0.1) is 0 Å². The molecule has 1 aromatic rings. The van der Waals surface area contributed by atoms with Crippen molar-refractivity contribution in [3.63, 3.8) is 0 Å². The van der Waals surface area contributed by atoms with Crippen molar-refractivity contribution in [1.29, 1.82) is 0 Å². The van der Waals surface area contributed by atoms with Crippen LogP contribution in [0.25, 0.3) is 5.57 Å². The summed E-state index contributed by atoms with van der Waals surface area (Å²) >= 11 is 0. The van der Waals surface area contributed by atoms with Gasteiger partial charge in [-0.3, -0.25) is 0 Å². The number of carbonyl (C=O) groups is 1. The van der Waals surface area contributed by atoms with Crippen LogP contribution < -0.4 is 0 Å². The minimum Gasteiger partial charge on any atom is -0.503 e. The lowest BCUT2D eigenvalue weighted by molar-refractivity contribution is -0.133. The van der Waals surface area contributed by atoms with Gasteiger partial charge < -0.3 is 14.0 Å². The third-order valence-electron chi connectivity index (χ3n) is 1.86. The summed E-state index contributed by atoms with van der Waals surface area (Å²) in [4.78, 5) is 11.4. The lowest BCUT2D eigenvalue weighted by atomic mass is 10.2. The molecule has 76 valence electrons. The van der Waals surface area contributed by atoms with Crippen molar-refractivity contribution in [2.24, 2.45) is 7.05 Å². The first-order valence-electron chi connectivity index (χ1n) is 4.13. The normalized spacial score (nSPS) is 11.2. The van der Waals surface area contributed by atoms with Crippen LogP contribution in [0.3, 0.4) is 0 Å². The van der Waals surface area contributed by atoms with Crippen molar-refractivity contribution in [1.82, 2.24) is 4.57 Å². The number of nitrogens with zero attached hydrogens (tertiary/aromatic N) is 1. The molecule has 0 N–H and O–H groups in total. The zero-order valence-electron chi connectivity index (χ0n) is 8.48. The molecule has 0 amide bonds. The average molecular weight is 195 g/mol. The fraction of sp³-hybridized carbons (Fsp3) is 0.300. The van der Waals surface area contributed by atoms with Crippen LogP contribution in [0.15, 0.2) is 24.6 Å². The molecule has 0 aliphatic carbocycles. The number of methoxy groups -OCH3 is 2. The summed E-state index contributed by atoms with van der Waals surface area (Å²) in [5.74, 6) is -0.409. The second-order valence-corrected chi connectivity index (χ2v) is 2.76. The maximum atomic E-state index is 11.4. The predicted molar refractivity (Wildman–Crippen MR) is 52.4 cm³/mol. The minimum absolute atomic E-state index is 0.405. The largest absolute Gasteiger partial charge is 0.503 e. The molecule has 0 aliphatic heterocycles. The maximum Gasteiger partial charge on any atom is 0.343 e. The van der Waals surface area contributed by atoms with Crippen molar-refractivity contribution in [2.45, 2.75) is 0 Å². The van der Waals surface area contributed by atoms with E-state index < -0.39 is 5.97 Å². The summed E-state index contributed by atoms with van der Waals surface area (Å²) in [6.07, 6.45) is 3.23. The van der Waals surface area contributed by atoms with Crippen molar-refractivity contribution in [3.05, 3.63) is 30.3 Å². The number of carbonyl (C=O) groups excluding carboxylic acids is 1. The first kappa shape index (κ1) is 10.4. The molecule has 1 heterocycles. The van der Waals surface area contributed by atoms with E-state index in [4.69, 9.17) is 4.74 Å². The summed E-state index contributed by atoms with van der Waals surface area (Å²) in [6, 6.07) is 3.67. The smallest absolute Gasteiger partial charge is 0.343 e. The number of aryl methyl sites for hydroxylation is 1. The Kier molecular flexibility index (Phi) is 3.34. The van der Waals surface area contributed by atoms with Crippen LogP contribution in [0.5, 0.6) is 0 Å². The third kappa shape index (κ3) is 1.96. The van der Waals surface area contributed by atoms with Crippen LogP contribution in [0.4, 0.5) is 0 Å². The Morgan fingerprint density at radius 2 is 2.21 bits per heavy atom. The van der Waals surface area contributed by atoms with E-state index in [1.807, 2.05) is 29.9 Å². The Bertz CT molecular complexity index is 352. The maximum absolute atomic E-state index is 11.4. The van der Waals surface area contributed by atoms with Gasteiger partial charge in [-0.2, -0.15) is 0 Å². The molecule has 1 aromatic heterocycles. The van der Waals surface area contributed by atoms with E-state index in [0.717, 1.165) is 5.69 Å². The number of hydrogen-bond donors (Lipinski definition) is 0. The molecular formula is C10H13NO3. The fourth-order valence-electron chi connectivity index (χ4n) is 1.18. The van der Waals surface area contributed by atoms with E-state index in [1.54, 1.807) is 0 Å². The van der Waals surface area contributed by atoms with Gasteiger partial charge in [0.1, 0.15) is 5.57 Å². The molecule has 0 radical (unpaired) electrons. The third-order valence-corrected chi connectivity index (χ3v) is 1.86. The summed E-state index contributed by atoms with van der Waals surface area (Å²) < 4.78 is 11.3. The second kappa shape index (κ2) is 4.50. The van der Waals surface area contributed by atoms with Gasteiger partial charge in [-0.15, -0.1) is 0 Å². The van der Waals surface area contributed by atoms with Crippen molar-refractivity contribution in [2.75, 3.05) is 14.2 Å². The van der Waals surface area contributed by atoms with Gasteiger partial charge in [0.05, 0.1) is 26.2 Å². The van der Waals surface area contributed by atoms with Crippen LogP contribution in [0.1, 0.15) is 5.69 Å². The molecule has 4 heteroatoms. The Labute approximate surface area is 82.7 Å². The molecular weight excluding hydrogens is 182 g/mol. The number of esters is 1. The van der Waals surface area contributed by atoms with E-state index in [1.165, 1.54) is 20.5 Å². The zero-order chi connectivity index (χ0) is 10.6. The Morgan fingerprint density at radius 3 is 2.64 bits per heavy atom. The van der Waals surface area contributed by atoms with Crippen molar-refractivity contribution in [3.8, 4) is 0 Å². The summed E-state index contributed by atoms with van der Waals surface area (Å²) in [5.41, 5.74) is 1.17. The number of rotatable bonds is 3. The van der Waals surface area contributed by atoms with Crippen LogP contribution >= 0.6 is 0 Å². The Morgan fingerprint density at radius 1 is 1.50 bits per heavy atom. The highest BCUT2D eigenvalue weighted by atomic mass is 16.5. The summed E-state index contributed by atoms with van der Waals surface area (Å²) in [5, 5.41) is 0. The molecule has 0 fully saturated rings. The van der Waals surface area contributed by atoms with E-state index in [0.29, 0.717) is 5.57 Å². The number of hydrogen-bond acceptors (Lipinski definition) is 3. The second-order valence-electron chi connectivity index (χ2n) is 2.76. The molecule has 0 unspecified atom stereocenters. The lowest BCUT2D eigenvalue weighted by Gasteiger charge is -2.06. The monoisotopic (exact) mass is 195 g/mol. The average Bonchev–Trinajstić information content (AvgIpc) is 2.60. The van der Waals surface area contributed by atoms with E-state index in [9.17, 15) is 4.79 Å². The molecule has 0 atom stereocenters. The van der Waals surface area contributed by atoms with Gasteiger partial charge in [0.25, 0.3) is 0 Å². The highest BCUT2D eigenvalue weighted by molar-refractivity contribution is 6.15. The molecule has 1 rings (SSSR count). The summed E-state index contributed by atoms with van der Waals surface area (Å²) in [7, 11) is 4.68. The van der Waals surface area contributed by atoms with Gasteiger partial charge in [0.15, 0.2) is 0 Å². The molecule has 14 heavy (non-hydrogen) atoms. The molecule has 0 bridgehead atoms. The Hall–Kier alpha value is -1.71. The van der Waals surface area contributed by atoms with Crippen molar-refractivity contribution >= 4 is 11.5 Å². The van der Waals surface area contributed by atoms with Gasteiger partial charge in [-0.05, 0) is 12.1 Å². The minimum atomic E-state index is -0.409. The molecule has 0 aromatic carbocycles. The molecule has 0 saturated heterocycles. The zero-order valence-corrected chi connectivity index (χ0v) is 8.48. The van der Waals surface area contributed by atoms with Gasteiger partial charge in [0, 0.05) is 13.2 Å². The predicted octanol–water partition coefficient (Wildman–Crippen LogP) is 1.19. The van der Waals surface area contributed by atoms with Crippen LogP contribution in [0.2, 0.25) is 0 Å². The van der Waals surface area contributed by atoms with E-state index in [2.05, 4.69) is 4.74 Å². The first-order chi connectivity index (χ1) is 6.70. The number of aromatic nitrogens is 1. The van der Waals surface area contributed by atoms with Gasteiger partial charge in [-0.25, -0.2) is 4.79 Å². The van der Waals surface area contributed by atoms with Crippen molar-refractivity contribution < 1.29 is 14.3 Å². The van der Waals surface area contributed by atoms with Crippen LogP contribution in [-0.4, -0.2) is 24.8 Å². The first-order valence-corrected chi connectivity index (χ1v) is 4.13. The SMILES string of the molecule is CO/C=C(/C(=O)OC)c1cccn1C.